The zero-order valence-electron chi connectivity index (χ0n) is 54.6. The van der Waals surface area contributed by atoms with E-state index in [4.69, 9.17) is 18.9 Å². The number of carbonyl (C=O) groups excluding carboxylic acids is 2. The van der Waals surface area contributed by atoms with Gasteiger partial charge in [0, 0.05) is 12.8 Å². The van der Waals surface area contributed by atoms with Gasteiger partial charge in [-0.3, -0.25) is 9.59 Å². The van der Waals surface area contributed by atoms with Crippen LogP contribution in [-0.4, -0.2) is 87.4 Å². The molecule has 0 saturated heterocycles. The molecule has 2 atom stereocenters. The summed E-state index contributed by atoms with van der Waals surface area (Å²) in [7, 11) is 5.97. The molecule has 0 heterocycles. The zero-order chi connectivity index (χ0) is 60.5. The summed E-state index contributed by atoms with van der Waals surface area (Å²) in [6.45, 7) is 4.66. The van der Waals surface area contributed by atoms with Crippen LogP contribution in [0, 0.1) is 0 Å². The molecule has 0 bridgehead atoms. The van der Waals surface area contributed by atoms with Gasteiger partial charge in [-0.05, 0) is 89.9 Å². The molecule has 2 unspecified atom stereocenters. The number of allylic oxidation sites excluding steroid dienone is 16. The highest BCUT2D eigenvalue weighted by molar-refractivity contribution is 5.71. The number of nitrogens with zero attached hydrogens (tertiary/aromatic N) is 1. The van der Waals surface area contributed by atoms with E-state index < -0.39 is 24.3 Å². The van der Waals surface area contributed by atoms with E-state index in [0.29, 0.717) is 11.0 Å². The van der Waals surface area contributed by atoms with E-state index in [-0.39, 0.29) is 38.6 Å². The van der Waals surface area contributed by atoms with Gasteiger partial charge in [-0.1, -0.05) is 291 Å². The third kappa shape index (κ3) is 65.6. The summed E-state index contributed by atoms with van der Waals surface area (Å²) in [6, 6.07) is 0. The molecule has 0 aromatic carbocycles. The van der Waals surface area contributed by atoms with Crippen molar-refractivity contribution in [3.63, 3.8) is 0 Å². The second-order valence-corrected chi connectivity index (χ2v) is 24.1. The first kappa shape index (κ1) is 79.2. The molecule has 9 heteroatoms. The topological polar surface area (TPSA) is 108 Å². The number of hydrogen-bond donors (Lipinski definition) is 1. The average Bonchev–Trinajstić information content (AvgIpc) is 3.46. The summed E-state index contributed by atoms with van der Waals surface area (Å²) in [4.78, 5) is 37.5. The number of aliphatic carboxylic acids is 1. The maximum atomic E-state index is 12.9. The first-order chi connectivity index (χ1) is 40.6. The molecular weight excluding hydrogens is 1030 g/mol. The first-order valence-electron chi connectivity index (χ1n) is 34.4. The lowest BCUT2D eigenvalue weighted by Crippen LogP contribution is -2.40. The normalized spacial score (nSPS) is 13.3. The Labute approximate surface area is 512 Å². The van der Waals surface area contributed by atoms with Gasteiger partial charge in [0.05, 0.1) is 34.4 Å². The number of esters is 2. The second kappa shape index (κ2) is 64.2. The van der Waals surface area contributed by atoms with E-state index in [1.54, 1.807) is 0 Å². The highest BCUT2D eigenvalue weighted by Crippen LogP contribution is 2.18. The SMILES string of the molecule is CC/C=C\C/C=C\C/C=C\C/C=C\CCCCCCCCCCCCCCCCCCCCCCCCCCCCC(=O)OC(COC(=O)CCCCCCCC/C=C\C/C=C\C/C=C\C/C=C\CC)COC(OCC[N+](C)(C)C)C(=O)O. The Kier molecular flexibility index (Phi) is 61.3. The van der Waals surface area contributed by atoms with Crippen molar-refractivity contribution in [2.45, 2.75) is 309 Å². The fraction of sp³-hybridized carbons (Fsp3) is 0.743. The Morgan fingerprint density at radius 3 is 0.964 bits per heavy atom. The second-order valence-electron chi connectivity index (χ2n) is 24.1. The summed E-state index contributed by atoms with van der Waals surface area (Å²) >= 11 is 0. The molecule has 0 aliphatic heterocycles. The summed E-state index contributed by atoms with van der Waals surface area (Å²) in [5, 5.41) is 9.73. The Bertz CT molecular complexity index is 1680. The lowest BCUT2D eigenvalue weighted by atomic mass is 10.0. The standard InChI is InChI=1S/C74H129NO8/c1-6-8-10-12-14-16-18-20-22-24-26-27-28-29-30-31-32-33-34-35-36-37-38-39-40-41-42-43-44-45-47-49-51-53-55-57-59-61-63-65-72(77)83-70(69-82-74(73(78)79)80-67-66-75(3,4)5)68-81-71(76)64-62-60-58-56-54-52-50-48-46-25-23-21-19-17-15-13-11-9-7-2/h8-11,14-17,20-23,26-27,46,48,70,74H,6-7,12-13,18-19,24-25,28-45,47,49-69H2,1-5H3/p+1/b10-8-,11-9-,16-14-,17-15-,22-20-,23-21-,27-26-,48-46-. The van der Waals surface area contributed by atoms with Crippen LogP contribution in [0.4, 0.5) is 0 Å². The number of carbonyl (C=O) groups is 3. The molecular formula is C74H130NO8+. The Morgan fingerprint density at radius 1 is 0.361 bits per heavy atom. The molecule has 0 rings (SSSR count). The van der Waals surface area contributed by atoms with Gasteiger partial charge in [0.25, 0.3) is 6.29 Å². The molecule has 0 aromatic rings. The molecule has 9 nitrogen and oxygen atoms in total. The molecule has 83 heavy (non-hydrogen) atoms. The molecule has 0 fully saturated rings. The van der Waals surface area contributed by atoms with Crippen molar-refractivity contribution in [1.82, 2.24) is 0 Å². The van der Waals surface area contributed by atoms with Crippen LogP contribution in [0.25, 0.3) is 0 Å². The predicted molar refractivity (Wildman–Crippen MR) is 355 cm³/mol. The van der Waals surface area contributed by atoms with Crippen LogP contribution in [-0.2, 0) is 33.3 Å². The number of quaternary nitrogens is 1. The molecule has 0 amide bonds. The fourth-order valence-electron chi connectivity index (χ4n) is 9.65. The van der Waals surface area contributed by atoms with Crippen LogP contribution in [0.3, 0.4) is 0 Å². The van der Waals surface area contributed by atoms with Crippen molar-refractivity contribution in [3.05, 3.63) is 97.2 Å². The van der Waals surface area contributed by atoms with E-state index >= 15 is 0 Å². The maximum absolute atomic E-state index is 12.9. The van der Waals surface area contributed by atoms with Crippen LogP contribution >= 0.6 is 0 Å². The smallest absolute Gasteiger partial charge is 0.361 e. The van der Waals surface area contributed by atoms with Gasteiger partial charge in [-0.15, -0.1) is 0 Å². The van der Waals surface area contributed by atoms with Gasteiger partial charge >= 0.3 is 17.9 Å². The summed E-state index contributed by atoms with van der Waals surface area (Å²) in [6.07, 6.45) is 85.3. The zero-order valence-corrected chi connectivity index (χ0v) is 54.6. The predicted octanol–water partition coefficient (Wildman–Crippen LogP) is 21.2. The van der Waals surface area contributed by atoms with Gasteiger partial charge in [-0.25, -0.2) is 4.79 Å². The average molecular weight is 1160 g/mol. The van der Waals surface area contributed by atoms with Crippen molar-refractivity contribution in [3.8, 4) is 0 Å². The monoisotopic (exact) mass is 1160 g/mol. The van der Waals surface area contributed by atoms with Crippen LogP contribution in [0.1, 0.15) is 296 Å². The van der Waals surface area contributed by atoms with Gasteiger partial charge in [0.1, 0.15) is 13.2 Å². The number of carboxylic acid groups (broad SMARTS) is 1. The van der Waals surface area contributed by atoms with Crippen molar-refractivity contribution in [2.75, 3.05) is 47.5 Å². The van der Waals surface area contributed by atoms with Crippen molar-refractivity contribution < 1.29 is 42.9 Å². The van der Waals surface area contributed by atoms with Crippen molar-refractivity contribution in [2.24, 2.45) is 0 Å². The van der Waals surface area contributed by atoms with Crippen LogP contribution in [0.2, 0.25) is 0 Å². The van der Waals surface area contributed by atoms with Crippen LogP contribution in [0.15, 0.2) is 97.2 Å². The Balaban J connectivity index is 4.01. The third-order valence-corrected chi connectivity index (χ3v) is 14.8. The number of unbranched alkanes of at least 4 members (excludes halogenated alkanes) is 32. The molecule has 0 aromatic heterocycles. The summed E-state index contributed by atoms with van der Waals surface area (Å²) in [5.74, 6) is -2.02. The van der Waals surface area contributed by atoms with Gasteiger partial charge in [-0.2, -0.15) is 0 Å². The highest BCUT2D eigenvalue weighted by atomic mass is 16.7. The molecule has 0 spiro atoms. The van der Waals surface area contributed by atoms with Crippen LogP contribution in [0.5, 0.6) is 0 Å². The molecule has 0 aliphatic rings. The van der Waals surface area contributed by atoms with E-state index in [2.05, 4.69) is 111 Å². The van der Waals surface area contributed by atoms with Gasteiger partial charge in [0.15, 0.2) is 6.10 Å². The third-order valence-electron chi connectivity index (χ3n) is 14.8. The van der Waals surface area contributed by atoms with Gasteiger partial charge < -0.3 is 28.5 Å². The van der Waals surface area contributed by atoms with Crippen molar-refractivity contribution >= 4 is 17.9 Å². The molecule has 478 valence electrons. The highest BCUT2D eigenvalue weighted by Gasteiger charge is 2.25. The Hall–Kier alpha value is -3.79. The summed E-state index contributed by atoms with van der Waals surface area (Å²) < 4.78 is 22.9. The molecule has 0 radical (unpaired) electrons. The molecule has 1 N–H and O–H groups in total. The number of rotatable bonds is 63. The minimum atomic E-state index is -1.52. The largest absolute Gasteiger partial charge is 0.477 e. The minimum absolute atomic E-state index is 0.183. The number of ether oxygens (including phenoxy) is 4. The Morgan fingerprint density at radius 2 is 0.651 bits per heavy atom. The summed E-state index contributed by atoms with van der Waals surface area (Å²) in [5.41, 5.74) is 0. The van der Waals surface area contributed by atoms with Gasteiger partial charge in [0.2, 0.25) is 0 Å². The number of likely N-dealkylation sites (N-methyl/N-ethyl adjacent to an activating group) is 1. The van der Waals surface area contributed by atoms with Crippen LogP contribution < -0.4 is 0 Å². The van der Waals surface area contributed by atoms with Crippen molar-refractivity contribution in [1.29, 1.82) is 0 Å². The quantitative estimate of drug-likeness (QED) is 0.0211. The lowest BCUT2D eigenvalue weighted by molar-refractivity contribution is -0.870. The first-order valence-corrected chi connectivity index (χ1v) is 34.4. The van der Waals surface area contributed by atoms with E-state index in [1.807, 2.05) is 21.1 Å². The molecule has 0 aliphatic carbocycles. The molecule has 0 saturated carbocycles. The van der Waals surface area contributed by atoms with E-state index in [9.17, 15) is 19.5 Å². The van der Waals surface area contributed by atoms with E-state index in [1.165, 1.54) is 167 Å². The number of hydrogen-bond acceptors (Lipinski definition) is 7. The maximum Gasteiger partial charge on any atom is 0.361 e. The fourth-order valence-corrected chi connectivity index (χ4v) is 9.65. The lowest BCUT2D eigenvalue weighted by Gasteiger charge is -2.25. The number of carboxylic acids is 1. The minimum Gasteiger partial charge on any atom is -0.477 e. The van der Waals surface area contributed by atoms with E-state index in [0.717, 1.165) is 103 Å².